The van der Waals surface area contributed by atoms with Crippen molar-refractivity contribution in [1.29, 1.82) is 5.26 Å². The van der Waals surface area contributed by atoms with Crippen LogP contribution >= 0.6 is 0 Å². The lowest BCUT2D eigenvalue weighted by Gasteiger charge is -2.42. The number of nitrogens with zero attached hydrogens (tertiary/aromatic N) is 2. The zero-order chi connectivity index (χ0) is 15.3. The topological polar surface area (TPSA) is 47.3 Å². The highest BCUT2D eigenvalue weighted by Gasteiger charge is 2.29. The van der Waals surface area contributed by atoms with E-state index in [2.05, 4.69) is 31.7 Å². The number of unbranched alkanes of at least 4 members (excludes halogenated alkanes) is 3. The van der Waals surface area contributed by atoms with Gasteiger partial charge in [-0.1, -0.05) is 46.0 Å². The summed E-state index contributed by atoms with van der Waals surface area (Å²) in [5, 5.41) is 18.0. The smallest absolute Gasteiger partial charge is 0.0635 e. The first-order valence-corrected chi connectivity index (χ1v) is 8.37. The summed E-state index contributed by atoms with van der Waals surface area (Å²) in [5.74, 6) is 0. The SMILES string of the molecule is CCCCCC(C)(CCCC)N(CCC#N)CCCO. The molecule has 0 heterocycles. The Hall–Kier alpha value is -0.590. The van der Waals surface area contributed by atoms with E-state index in [1.165, 1.54) is 44.9 Å². The first-order valence-electron chi connectivity index (χ1n) is 8.37. The second-order valence-corrected chi connectivity index (χ2v) is 6.03. The van der Waals surface area contributed by atoms with Gasteiger partial charge in [-0.3, -0.25) is 4.90 Å². The van der Waals surface area contributed by atoms with Gasteiger partial charge in [-0.15, -0.1) is 0 Å². The van der Waals surface area contributed by atoms with E-state index in [0.29, 0.717) is 6.42 Å². The number of hydrogen-bond acceptors (Lipinski definition) is 3. The molecule has 3 heteroatoms. The summed E-state index contributed by atoms with van der Waals surface area (Å²) in [6, 6.07) is 2.27. The van der Waals surface area contributed by atoms with Crippen molar-refractivity contribution in [2.75, 3.05) is 19.7 Å². The van der Waals surface area contributed by atoms with Crippen LogP contribution in [0.4, 0.5) is 0 Å². The van der Waals surface area contributed by atoms with Gasteiger partial charge in [-0.2, -0.15) is 5.26 Å². The summed E-state index contributed by atoms with van der Waals surface area (Å²) in [6.07, 6.45) is 10.1. The van der Waals surface area contributed by atoms with Crippen LogP contribution in [0.5, 0.6) is 0 Å². The van der Waals surface area contributed by atoms with Crippen molar-refractivity contribution in [2.45, 2.75) is 84.1 Å². The third-order valence-electron chi connectivity index (χ3n) is 4.23. The number of aliphatic hydroxyl groups excluding tert-OH is 1. The van der Waals surface area contributed by atoms with Crippen LogP contribution in [-0.2, 0) is 0 Å². The van der Waals surface area contributed by atoms with E-state index in [-0.39, 0.29) is 12.1 Å². The Morgan fingerprint density at radius 1 is 1.00 bits per heavy atom. The molecule has 0 bridgehead atoms. The maximum atomic E-state index is 9.10. The molecule has 1 atom stereocenters. The van der Waals surface area contributed by atoms with Crippen molar-refractivity contribution in [3.05, 3.63) is 0 Å². The first kappa shape index (κ1) is 19.4. The van der Waals surface area contributed by atoms with Gasteiger partial charge < -0.3 is 5.11 Å². The van der Waals surface area contributed by atoms with E-state index in [1.807, 2.05) is 0 Å². The van der Waals surface area contributed by atoms with E-state index in [9.17, 15) is 0 Å². The predicted octanol–water partition coefficient (Wildman–Crippen LogP) is 4.11. The molecule has 0 saturated carbocycles. The van der Waals surface area contributed by atoms with Crippen molar-refractivity contribution >= 4 is 0 Å². The van der Waals surface area contributed by atoms with E-state index >= 15 is 0 Å². The summed E-state index contributed by atoms with van der Waals surface area (Å²) in [7, 11) is 0. The van der Waals surface area contributed by atoms with Gasteiger partial charge in [0.05, 0.1) is 6.07 Å². The van der Waals surface area contributed by atoms with E-state index in [0.717, 1.165) is 19.5 Å². The second-order valence-electron chi connectivity index (χ2n) is 6.03. The number of nitriles is 1. The van der Waals surface area contributed by atoms with Crippen LogP contribution in [-0.4, -0.2) is 35.2 Å². The Balaban J connectivity index is 4.71. The molecule has 0 aliphatic carbocycles. The molecule has 0 fully saturated rings. The number of rotatable bonds is 13. The summed E-state index contributed by atoms with van der Waals surface area (Å²) >= 11 is 0. The summed E-state index contributed by atoms with van der Waals surface area (Å²) in [6.45, 7) is 8.81. The highest BCUT2D eigenvalue weighted by molar-refractivity contribution is 4.88. The number of hydrogen-bond donors (Lipinski definition) is 1. The van der Waals surface area contributed by atoms with E-state index in [4.69, 9.17) is 10.4 Å². The third kappa shape index (κ3) is 7.87. The quantitative estimate of drug-likeness (QED) is 0.517. The summed E-state index contributed by atoms with van der Waals surface area (Å²) < 4.78 is 0. The van der Waals surface area contributed by atoms with Crippen LogP contribution in [0, 0.1) is 11.3 Å². The third-order valence-corrected chi connectivity index (χ3v) is 4.23. The summed E-state index contributed by atoms with van der Waals surface area (Å²) in [4.78, 5) is 2.46. The van der Waals surface area contributed by atoms with Gasteiger partial charge in [-0.25, -0.2) is 0 Å². The highest BCUT2D eigenvalue weighted by atomic mass is 16.3. The standard InChI is InChI=1S/C17H34N2O/c1-4-6-8-12-17(3,11-7-5-2)19(14-9-13-18)15-10-16-20/h20H,4-12,14-16H2,1-3H3. The molecule has 0 rings (SSSR count). The van der Waals surface area contributed by atoms with Crippen molar-refractivity contribution in [3.63, 3.8) is 0 Å². The minimum atomic E-state index is 0.192. The van der Waals surface area contributed by atoms with Gasteiger partial charge in [0, 0.05) is 31.7 Å². The normalized spacial score (nSPS) is 14.2. The van der Waals surface area contributed by atoms with Gasteiger partial charge in [0.25, 0.3) is 0 Å². The Morgan fingerprint density at radius 3 is 2.20 bits per heavy atom. The Kier molecular flexibility index (Phi) is 11.8. The highest BCUT2D eigenvalue weighted by Crippen LogP contribution is 2.29. The fourth-order valence-corrected chi connectivity index (χ4v) is 2.85. The fourth-order valence-electron chi connectivity index (χ4n) is 2.85. The molecule has 0 amide bonds. The van der Waals surface area contributed by atoms with Crippen LogP contribution in [0.25, 0.3) is 0 Å². The molecule has 0 aromatic carbocycles. The van der Waals surface area contributed by atoms with Crippen LogP contribution in [0.15, 0.2) is 0 Å². The molecule has 118 valence electrons. The van der Waals surface area contributed by atoms with E-state index in [1.54, 1.807) is 0 Å². The molecule has 0 radical (unpaired) electrons. The lowest BCUT2D eigenvalue weighted by molar-refractivity contribution is 0.0751. The molecule has 20 heavy (non-hydrogen) atoms. The molecular weight excluding hydrogens is 248 g/mol. The molecule has 3 nitrogen and oxygen atoms in total. The second kappa shape index (κ2) is 12.2. The zero-order valence-electron chi connectivity index (χ0n) is 13.8. The van der Waals surface area contributed by atoms with Gasteiger partial charge in [0.1, 0.15) is 0 Å². The van der Waals surface area contributed by atoms with Crippen molar-refractivity contribution in [1.82, 2.24) is 4.90 Å². The average molecular weight is 282 g/mol. The Morgan fingerprint density at radius 2 is 1.65 bits per heavy atom. The molecule has 0 spiro atoms. The molecule has 0 aromatic rings. The van der Waals surface area contributed by atoms with Crippen LogP contribution in [0.1, 0.15) is 78.6 Å². The molecule has 0 saturated heterocycles. The van der Waals surface area contributed by atoms with E-state index < -0.39 is 0 Å². The molecule has 0 aliphatic heterocycles. The minimum Gasteiger partial charge on any atom is -0.396 e. The maximum absolute atomic E-state index is 9.10. The monoisotopic (exact) mass is 282 g/mol. The molecule has 1 unspecified atom stereocenters. The Bertz CT molecular complexity index is 262. The zero-order valence-corrected chi connectivity index (χ0v) is 13.8. The molecule has 1 N–H and O–H groups in total. The first-order chi connectivity index (χ1) is 9.64. The minimum absolute atomic E-state index is 0.192. The fraction of sp³-hybridized carbons (Fsp3) is 0.941. The average Bonchev–Trinajstić information content (AvgIpc) is 2.45. The lowest BCUT2D eigenvalue weighted by Crippen LogP contribution is -2.47. The molecule has 0 aliphatic rings. The van der Waals surface area contributed by atoms with Gasteiger partial charge in [0.15, 0.2) is 0 Å². The van der Waals surface area contributed by atoms with Crippen LogP contribution in [0.2, 0.25) is 0 Å². The molecule has 0 aromatic heterocycles. The van der Waals surface area contributed by atoms with Crippen LogP contribution < -0.4 is 0 Å². The van der Waals surface area contributed by atoms with Gasteiger partial charge in [-0.05, 0) is 26.2 Å². The largest absolute Gasteiger partial charge is 0.396 e. The number of aliphatic hydroxyl groups is 1. The van der Waals surface area contributed by atoms with Crippen molar-refractivity contribution in [2.24, 2.45) is 0 Å². The van der Waals surface area contributed by atoms with Crippen molar-refractivity contribution in [3.8, 4) is 6.07 Å². The van der Waals surface area contributed by atoms with Crippen LogP contribution in [0.3, 0.4) is 0 Å². The molecular formula is C17H34N2O. The van der Waals surface area contributed by atoms with Gasteiger partial charge in [0.2, 0.25) is 0 Å². The Labute approximate surface area is 126 Å². The lowest BCUT2D eigenvalue weighted by atomic mass is 9.86. The summed E-state index contributed by atoms with van der Waals surface area (Å²) in [5.41, 5.74) is 0.192. The van der Waals surface area contributed by atoms with Gasteiger partial charge >= 0.3 is 0 Å². The van der Waals surface area contributed by atoms with Crippen molar-refractivity contribution < 1.29 is 5.11 Å². The maximum Gasteiger partial charge on any atom is 0.0635 e. The predicted molar refractivity (Wildman–Crippen MR) is 85.6 cm³/mol.